The first-order valence-corrected chi connectivity index (χ1v) is 20.3. The Morgan fingerprint density at radius 2 is 0.672 bits per heavy atom. The van der Waals surface area contributed by atoms with Crippen molar-refractivity contribution in [2.75, 3.05) is 0 Å². The van der Waals surface area contributed by atoms with E-state index in [0.29, 0.717) is 11.0 Å². The lowest BCUT2D eigenvalue weighted by atomic mass is 9.82. The molecule has 0 bridgehead atoms. The number of benzene rings is 5. The maximum Gasteiger partial charge on any atom is 0.402 e. The van der Waals surface area contributed by atoms with Crippen molar-refractivity contribution in [3.8, 4) is 11.1 Å². The maximum atomic E-state index is 12.5. The molecular formula is C52H65F9. The summed E-state index contributed by atoms with van der Waals surface area (Å²) in [5.74, 6) is 0.833. The molecular weight excluding hydrogens is 796 g/mol. The van der Waals surface area contributed by atoms with Crippen LogP contribution in [0, 0.1) is 16.7 Å². The third kappa shape index (κ3) is 17.8. The number of hydrogen-bond donors (Lipinski definition) is 0. The third-order valence-corrected chi connectivity index (χ3v) is 9.21. The van der Waals surface area contributed by atoms with E-state index in [1.165, 1.54) is 59.4 Å². The fourth-order valence-electron chi connectivity index (χ4n) is 5.28. The fourth-order valence-corrected chi connectivity index (χ4v) is 5.28. The highest BCUT2D eigenvalue weighted by Crippen LogP contribution is 2.50. The summed E-state index contributed by atoms with van der Waals surface area (Å²) >= 11 is 0. The van der Waals surface area contributed by atoms with Crippen LogP contribution in [-0.2, 0) is 17.3 Å². The molecule has 61 heavy (non-hydrogen) atoms. The summed E-state index contributed by atoms with van der Waals surface area (Å²) in [7, 11) is 0. The lowest BCUT2D eigenvalue weighted by Crippen LogP contribution is -2.44. The minimum atomic E-state index is -5.24. The van der Waals surface area contributed by atoms with E-state index in [-0.39, 0.29) is 19.3 Å². The highest BCUT2D eigenvalue weighted by molar-refractivity contribution is 5.80. The summed E-state index contributed by atoms with van der Waals surface area (Å²) < 4.78 is 107. The Bertz CT molecular complexity index is 1850. The van der Waals surface area contributed by atoms with Crippen LogP contribution in [0.15, 0.2) is 140 Å². The number of fused-ring (bicyclic) bond motifs is 3. The van der Waals surface area contributed by atoms with Gasteiger partial charge in [0.05, 0.1) is 5.41 Å². The molecule has 0 spiro atoms. The second kappa shape index (κ2) is 22.5. The molecule has 1 aliphatic rings. The first-order chi connectivity index (χ1) is 27.7. The van der Waals surface area contributed by atoms with E-state index in [0.717, 1.165) is 12.3 Å². The van der Waals surface area contributed by atoms with Crippen molar-refractivity contribution in [2.45, 2.75) is 126 Å². The van der Waals surface area contributed by atoms with Gasteiger partial charge in [0, 0.05) is 5.41 Å². The molecule has 9 heteroatoms. The Balaban J connectivity index is 0.000000383. The monoisotopic (exact) mass is 860 g/mol. The van der Waals surface area contributed by atoms with Crippen LogP contribution in [0.2, 0.25) is 0 Å². The fraction of sp³-hybridized carbons (Fsp3) is 0.423. The Hall–Kier alpha value is -4.53. The van der Waals surface area contributed by atoms with Gasteiger partial charge < -0.3 is 0 Å². The molecule has 0 aromatic heterocycles. The van der Waals surface area contributed by atoms with E-state index in [1.807, 2.05) is 0 Å². The zero-order valence-corrected chi connectivity index (χ0v) is 38.0. The SMILES string of the molecule is CC(C)(C(F)(F)F)C(F)(F)F.CC(C)(C)C.CC(C)(c1ccccc1)C(F)(F)F.CC(C)C.CC1(C)c2ccccc2-c2ccccc21.c1ccc(Cc2ccccc2)cc1. The summed E-state index contributed by atoms with van der Waals surface area (Å²) in [6.07, 6.45) is -13.7. The minimum absolute atomic E-state index is 0.104. The Labute approximate surface area is 359 Å². The zero-order valence-electron chi connectivity index (χ0n) is 38.0. The van der Waals surface area contributed by atoms with Crippen LogP contribution >= 0.6 is 0 Å². The van der Waals surface area contributed by atoms with E-state index in [4.69, 9.17) is 0 Å². The highest BCUT2D eigenvalue weighted by atomic mass is 19.4. The molecule has 0 aliphatic heterocycles. The molecule has 0 heterocycles. The molecule has 0 radical (unpaired) electrons. The van der Waals surface area contributed by atoms with Crippen molar-refractivity contribution < 1.29 is 39.5 Å². The average molecular weight is 861 g/mol. The van der Waals surface area contributed by atoms with Crippen LogP contribution in [-0.4, -0.2) is 18.5 Å². The minimum Gasteiger partial charge on any atom is -0.170 e. The molecule has 0 nitrogen and oxygen atoms in total. The van der Waals surface area contributed by atoms with Gasteiger partial charge in [0.15, 0.2) is 5.41 Å². The van der Waals surface area contributed by atoms with Crippen molar-refractivity contribution in [1.29, 1.82) is 0 Å². The summed E-state index contributed by atoms with van der Waals surface area (Å²) in [6, 6.07) is 46.4. The number of rotatable bonds is 3. The number of alkyl halides is 9. The van der Waals surface area contributed by atoms with E-state index in [1.54, 1.807) is 18.2 Å². The van der Waals surface area contributed by atoms with Crippen LogP contribution in [0.4, 0.5) is 39.5 Å². The maximum absolute atomic E-state index is 12.5. The van der Waals surface area contributed by atoms with Crippen LogP contribution in [0.5, 0.6) is 0 Å². The van der Waals surface area contributed by atoms with E-state index in [9.17, 15) is 39.5 Å². The van der Waals surface area contributed by atoms with E-state index >= 15 is 0 Å². The van der Waals surface area contributed by atoms with Gasteiger partial charge in [-0.05, 0) is 84.4 Å². The van der Waals surface area contributed by atoms with E-state index in [2.05, 4.69) is 172 Å². The van der Waals surface area contributed by atoms with E-state index < -0.39 is 29.4 Å². The molecule has 0 fully saturated rings. The van der Waals surface area contributed by atoms with Gasteiger partial charge in [-0.2, -0.15) is 39.5 Å². The average Bonchev–Trinajstić information content (AvgIpc) is 3.38. The molecule has 0 atom stereocenters. The molecule has 0 unspecified atom stereocenters. The van der Waals surface area contributed by atoms with Gasteiger partial charge in [-0.25, -0.2) is 0 Å². The van der Waals surface area contributed by atoms with Gasteiger partial charge in [0.1, 0.15) is 0 Å². The van der Waals surface area contributed by atoms with Crippen LogP contribution in [0.1, 0.15) is 118 Å². The number of hydrogen-bond acceptors (Lipinski definition) is 0. The van der Waals surface area contributed by atoms with Crippen LogP contribution < -0.4 is 0 Å². The van der Waals surface area contributed by atoms with Crippen molar-refractivity contribution in [1.82, 2.24) is 0 Å². The van der Waals surface area contributed by atoms with Gasteiger partial charge in [0.2, 0.25) is 0 Å². The van der Waals surface area contributed by atoms with Crippen molar-refractivity contribution >= 4 is 0 Å². The lowest BCUT2D eigenvalue weighted by Gasteiger charge is -2.29. The van der Waals surface area contributed by atoms with Gasteiger partial charge in [-0.3, -0.25) is 0 Å². The van der Waals surface area contributed by atoms with Crippen LogP contribution in [0.3, 0.4) is 0 Å². The Morgan fingerprint density at radius 3 is 0.934 bits per heavy atom. The normalized spacial score (nSPS) is 13.1. The molecule has 0 amide bonds. The highest BCUT2D eigenvalue weighted by Gasteiger charge is 2.64. The summed E-state index contributed by atoms with van der Waals surface area (Å²) in [5, 5.41) is 0. The summed E-state index contributed by atoms with van der Waals surface area (Å²) in [6.45, 7) is 22.4. The Morgan fingerprint density at radius 1 is 0.410 bits per heavy atom. The quantitative estimate of drug-likeness (QED) is 0.159. The second-order valence-electron chi connectivity index (χ2n) is 18.7. The first-order valence-electron chi connectivity index (χ1n) is 20.3. The lowest BCUT2D eigenvalue weighted by molar-refractivity contribution is -0.327. The van der Waals surface area contributed by atoms with Crippen molar-refractivity contribution in [3.63, 3.8) is 0 Å². The standard InChI is InChI=1S/C15H14.C13H12.C10H11F3.C5H6F6.C5H12.C4H10/c1-15(2)13-9-5-3-7-11(13)12-8-4-6-10-14(12)15;1-3-7-12(8-4-1)11-13-9-5-2-6-10-13;1-9(2,10(11,12)13)8-6-4-3-5-7-8;1-3(2,4(6,7)8)5(9,10)11;1-5(2,3)4;1-4(2)3/h3-10H,1-2H3;1-10H,11H2;3-7H,1-2H3;1-2H3;1-4H3;4H,1-3H3. The number of halogens is 9. The summed E-state index contributed by atoms with van der Waals surface area (Å²) in [4.78, 5) is 0. The molecule has 1 aliphatic carbocycles. The molecule has 0 saturated carbocycles. The first kappa shape index (κ1) is 54.5. The smallest absolute Gasteiger partial charge is 0.170 e. The molecule has 6 rings (SSSR count). The zero-order chi connectivity index (χ0) is 47.1. The van der Waals surface area contributed by atoms with Crippen molar-refractivity contribution in [2.24, 2.45) is 16.7 Å². The second-order valence-corrected chi connectivity index (χ2v) is 18.7. The molecule has 5 aromatic rings. The third-order valence-electron chi connectivity index (χ3n) is 9.21. The molecule has 0 N–H and O–H groups in total. The van der Waals surface area contributed by atoms with Gasteiger partial charge in [0.25, 0.3) is 0 Å². The molecule has 0 saturated heterocycles. The largest absolute Gasteiger partial charge is 0.402 e. The van der Waals surface area contributed by atoms with Gasteiger partial charge >= 0.3 is 18.5 Å². The van der Waals surface area contributed by atoms with Gasteiger partial charge in [-0.1, -0.05) is 202 Å². The van der Waals surface area contributed by atoms with Crippen LogP contribution in [0.25, 0.3) is 11.1 Å². The molecule has 5 aromatic carbocycles. The predicted octanol–water partition coefficient (Wildman–Crippen LogP) is 17.6. The summed E-state index contributed by atoms with van der Waals surface area (Å²) in [5.41, 5.74) is 4.00. The Kier molecular flexibility index (Phi) is 20.1. The topological polar surface area (TPSA) is 0 Å². The molecule has 336 valence electrons. The predicted molar refractivity (Wildman–Crippen MR) is 237 cm³/mol. The van der Waals surface area contributed by atoms with Gasteiger partial charge in [-0.15, -0.1) is 0 Å². The van der Waals surface area contributed by atoms with Crippen molar-refractivity contribution in [3.05, 3.63) is 167 Å².